The Bertz CT molecular complexity index is 814. The molecule has 0 bridgehead atoms. The van der Waals surface area contributed by atoms with Crippen molar-refractivity contribution < 1.29 is 23.1 Å². The molecule has 0 aromatic heterocycles. The Kier molecular flexibility index (Phi) is 7.30. The summed E-state index contributed by atoms with van der Waals surface area (Å²) >= 11 is 5.74. The van der Waals surface area contributed by atoms with Crippen molar-refractivity contribution in [3.05, 3.63) is 70.2 Å². The van der Waals surface area contributed by atoms with Gasteiger partial charge in [0.1, 0.15) is 0 Å². The van der Waals surface area contributed by atoms with Gasteiger partial charge in [0.05, 0.1) is 10.6 Å². The lowest BCUT2D eigenvalue weighted by Gasteiger charge is -2.18. The molecule has 144 valence electrons. The lowest BCUT2D eigenvalue weighted by atomic mass is 10.1. The van der Waals surface area contributed by atoms with Crippen molar-refractivity contribution >= 4 is 23.5 Å². The van der Waals surface area contributed by atoms with Crippen LogP contribution in [0.1, 0.15) is 36.2 Å². The first-order valence-electron chi connectivity index (χ1n) is 8.47. The number of rotatable bonds is 7. The molecular weight excluding hydrogens is 376 g/mol. The topological polar surface area (TPSA) is 55.4 Å². The maximum atomic E-state index is 13.3. The number of carbonyl (C=O) groups excluding carboxylic acids is 2. The van der Waals surface area contributed by atoms with Crippen molar-refractivity contribution in [3.8, 4) is 0 Å². The molecule has 0 radical (unpaired) electrons. The molecular formula is C20H20ClF2NO3. The van der Waals surface area contributed by atoms with E-state index in [0.717, 1.165) is 12.0 Å². The molecule has 0 saturated carbocycles. The second-order valence-electron chi connectivity index (χ2n) is 6.23. The molecule has 27 heavy (non-hydrogen) atoms. The Balaban J connectivity index is 1.87. The predicted octanol–water partition coefficient (Wildman–Crippen LogP) is 4.30. The monoisotopic (exact) mass is 395 g/mol. The molecule has 2 aromatic carbocycles. The molecule has 4 nitrogen and oxygen atoms in total. The maximum Gasteiger partial charge on any atom is 0.340 e. The number of aryl methyl sites for hydroxylation is 1. The van der Waals surface area contributed by atoms with Gasteiger partial charge in [-0.25, -0.2) is 13.6 Å². The Morgan fingerprint density at radius 1 is 1.11 bits per heavy atom. The molecule has 0 spiro atoms. The van der Waals surface area contributed by atoms with E-state index in [2.05, 4.69) is 5.32 Å². The smallest absolute Gasteiger partial charge is 0.340 e. The second kappa shape index (κ2) is 9.46. The summed E-state index contributed by atoms with van der Waals surface area (Å²) in [6, 6.07) is 11.0. The standard InChI is InChI=1S/C20H20ClF2NO3/c1-12(8-9-14-6-4-3-5-7-14)24-19(25)13(2)27-20(26)15-10-17(22)18(23)11-16(15)21/h3-7,10-13H,8-9H2,1-2H3,(H,24,25)/t12-,13-/m0/s1. The average molecular weight is 396 g/mol. The van der Waals surface area contributed by atoms with E-state index in [1.807, 2.05) is 37.3 Å². The van der Waals surface area contributed by atoms with Gasteiger partial charge >= 0.3 is 5.97 Å². The number of halogens is 3. The highest BCUT2D eigenvalue weighted by Gasteiger charge is 2.23. The quantitative estimate of drug-likeness (QED) is 0.561. The first-order chi connectivity index (χ1) is 12.8. The van der Waals surface area contributed by atoms with E-state index in [4.69, 9.17) is 16.3 Å². The highest BCUT2D eigenvalue weighted by atomic mass is 35.5. The van der Waals surface area contributed by atoms with Crippen LogP contribution in [0.4, 0.5) is 8.78 Å². The predicted molar refractivity (Wildman–Crippen MR) is 98.6 cm³/mol. The number of amides is 1. The van der Waals surface area contributed by atoms with Crippen molar-refractivity contribution in [1.29, 1.82) is 0 Å². The molecule has 0 aliphatic heterocycles. The largest absolute Gasteiger partial charge is 0.449 e. The molecule has 0 saturated heterocycles. The zero-order valence-electron chi connectivity index (χ0n) is 15.0. The number of hydrogen-bond acceptors (Lipinski definition) is 3. The van der Waals surface area contributed by atoms with Crippen LogP contribution >= 0.6 is 11.6 Å². The minimum absolute atomic E-state index is 0.134. The third kappa shape index (κ3) is 6.03. The van der Waals surface area contributed by atoms with Crippen LogP contribution in [0, 0.1) is 11.6 Å². The van der Waals surface area contributed by atoms with E-state index < -0.39 is 29.6 Å². The van der Waals surface area contributed by atoms with Gasteiger partial charge < -0.3 is 10.1 Å². The fourth-order valence-corrected chi connectivity index (χ4v) is 2.64. The van der Waals surface area contributed by atoms with Crippen LogP contribution in [-0.4, -0.2) is 24.0 Å². The van der Waals surface area contributed by atoms with Gasteiger partial charge in [0.25, 0.3) is 5.91 Å². The van der Waals surface area contributed by atoms with Gasteiger partial charge in [0.2, 0.25) is 0 Å². The third-order valence-electron chi connectivity index (χ3n) is 3.98. The summed E-state index contributed by atoms with van der Waals surface area (Å²) in [4.78, 5) is 24.2. The van der Waals surface area contributed by atoms with Gasteiger partial charge in [-0.05, 0) is 44.4 Å². The fourth-order valence-electron chi connectivity index (χ4n) is 2.42. The van der Waals surface area contributed by atoms with Gasteiger partial charge in [-0.15, -0.1) is 0 Å². The third-order valence-corrected chi connectivity index (χ3v) is 4.29. The van der Waals surface area contributed by atoms with Crippen LogP contribution in [-0.2, 0) is 16.0 Å². The first-order valence-corrected chi connectivity index (χ1v) is 8.85. The lowest BCUT2D eigenvalue weighted by molar-refractivity contribution is -0.129. The molecule has 2 atom stereocenters. The molecule has 2 rings (SSSR count). The van der Waals surface area contributed by atoms with Crippen molar-refractivity contribution in [2.24, 2.45) is 0 Å². The Labute approximate surface area is 161 Å². The SMILES string of the molecule is C[C@H](OC(=O)c1cc(F)c(F)cc1Cl)C(=O)N[C@@H](C)CCc1ccccc1. The summed E-state index contributed by atoms with van der Waals surface area (Å²) in [5, 5.41) is 2.47. The number of ether oxygens (including phenoxy) is 1. The zero-order valence-corrected chi connectivity index (χ0v) is 15.7. The first kappa shape index (κ1) is 20.8. The summed E-state index contributed by atoms with van der Waals surface area (Å²) in [5.41, 5.74) is 0.818. The highest BCUT2D eigenvalue weighted by Crippen LogP contribution is 2.21. The van der Waals surface area contributed by atoms with Crippen molar-refractivity contribution in [2.45, 2.75) is 38.8 Å². The van der Waals surface area contributed by atoms with Crippen LogP contribution in [0.5, 0.6) is 0 Å². The Morgan fingerprint density at radius 2 is 1.74 bits per heavy atom. The van der Waals surface area contributed by atoms with Gasteiger partial charge in [-0.1, -0.05) is 41.9 Å². The van der Waals surface area contributed by atoms with Crippen LogP contribution in [0.15, 0.2) is 42.5 Å². The average Bonchev–Trinajstić information content (AvgIpc) is 2.63. The molecule has 0 aliphatic carbocycles. The second-order valence-corrected chi connectivity index (χ2v) is 6.63. The number of benzene rings is 2. The Morgan fingerprint density at radius 3 is 2.41 bits per heavy atom. The van der Waals surface area contributed by atoms with Crippen LogP contribution in [0.3, 0.4) is 0 Å². The molecule has 1 N–H and O–H groups in total. The van der Waals surface area contributed by atoms with E-state index in [-0.39, 0.29) is 16.6 Å². The van der Waals surface area contributed by atoms with E-state index in [9.17, 15) is 18.4 Å². The molecule has 0 fully saturated rings. The number of esters is 1. The molecule has 0 heterocycles. The minimum atomic E-state index is -1.22. The van der Waals surface area contributed by atoms with Gasteiger partial charge in [-0.3, -0.25) is 4.79 Å². The lowest BCUT2D eigenvalue weighted by Crippen LogP contribution is -2.41. The van der Waals surface area contributed by atoms with Gasteiger partial charge in [0.15, 0.2) is 17.7 Å². The number of hydrogen-bond donors (Lipinski definition) is 1. The van der Waals surface area contributed by atoms with E-state index in [0.29, 0.717) is 18.6 Å². The zero-order chi connectivity index (χ0) is 20.0. The van der Waals surface area contributed by atoms with Gasteiger partial charge in [-0.2, -0.15) is 0 Å². The van der Waals surface area contributed by atoms with Crippen LogP contribution in [0.25, 0.3) is 0 Å². The van der Waals surface area contributed by atoms with Crippen LogP contribution in [0.2, 0.25) is 5.02 Å². The molecule has 1 amide bonds. The van der Waals surface area contributed by atoms with Crippen molar-refractivity contribution in [2.75, 3.05) is 0 Å². The normalized spacial score (nSPS) is 12.9. The van der Waals surface area contributed by atoms with E-state index in [1.165, 1.54) is 6.92 Å². The van der Waals surface area contributed by atoms with Crippen molar-refractivity contribution in [1.82, 2.24) is 5.32 Å². The summed E-state index contributed by atoms with van der Waals surface area (Å²) in [5.74, 6) is -3.88. The molecule has 2 aromatic rings. The summed E-state index contributed by atoms with van der Waals surface area (Å²) in [7, 11) is 0. The van der Waals surface area contributed by atoms with Crippen molar-refractivity contribution in [3.63, 3.8) is 0 Å². The fraction of sp³-hybridized carbons (Fsp3) is 0.300. The van der Waals surface area contributed by atoms with E-state index in [1.54, 1.807) is 0 Å². The highest BCUT2D eigenvalue weighted by molar-refractivity contribution is 6.33. The molecule has 0 aliphatic rings. The number of nitrogens with one attached hydrogen (secondary N) is 1. The van der Waals surface area contributed by atoms with E-state index >= 15 is 0 Å². The Hall–Kier alpha value is -2.47. The molecule has 0 unspecified atom stereocenters. The minimum Gasteiger partial charge on any atom is -0.449 e. The number of carbonyl (C=O) groups is 2. The maximum absolute atomic E-state index is 13.3. The van der Waals surface area contributed by atoms with Crippen LogP contribution < -0.4 is 5.32 Å². The summed E-state index contributed by atoms with van der Waals surface area (Å²) < 4.78 is 31.4. The van der Waals surface area contributed by atoms with Gasteiger partial charge in [0, 0.05) is 6.04 Å². The summed E-state index contributed by atoms with van der Waals surface area (Å²) in [6.07, 6.45) is 0.396. The summed E-state index contributed by atoms with van der Waals surface area (Å²) in [6.45, 7) is 3.24. The molecule has 7 heteroatoms.